The molecule has 6 nitrogen and oxygen atoms in total. The first kappa shape index (κ1) is 13.2. The lowest BCUT2D eigenvalue weighted by atomic mass is 10.4. The molecule has 0 aliphatic heterocycles. The largest absolute Gasteiger partial charge is 0.331 e. The molecule has 0 aliphatic carbocycles. The van der Waals surface area contributed by atoms with E-state index in [2.05, 4.69) is 20.4 Å². The van der Waals surface area contributed by atoms with E-state index in [1.165, 1.54) is 0 Å². The van der Waals surface area contributed by atoms with E-state index in [1.807, 2.05) is 17.7 Å². The number of hydrogen-bond donors (Lipinski definition) is 1. The van der Waals surface area contributed by atoms with Gasteiger partial charge in [0.1, 0.15) is 5.65 Å². The molecule has 3 aromatic heterocycles. The summed E-state index contributed by atoms with van der Waals surface area (Å²) in [7, 11) is 1.79. The average Bonchev–Trinajstić information content (AvgIpc) is 2.90. The van der Waals surface area contributed by atoms with Gasteiger partial charge in [-0.1, -0.05) is 23.2 Å². The van der Waals surface area contributed by atoms with Crippen molar-refractivity contribution in [2.45, 2.75) is 13.5 Å². The topological polar surface area (TPSA) is 60.6 Å². The second kappa shape index (κ2) is 4.96. The number of nitrogens with one attached hydrogen (secondary N) is 1. The van der Waals surface area contributed by atoms with E-state index in [1.54, 1.807) is 24.1 Å². The number of fused-ring (bicyclic) bond motifs is 1. The van der Waals surface area contributed by atoms with Crippen LogP contribution >= 0.6 is 23.2 Å². The van der Waals surface area contributed by atoms with Crippen LogP contribution in [0.2, 0.25) is 10.2 Å². The van der Waals surface area contributed by atoms with E-state index in [9.17, 15) is 0 Å². The van der Waals surface area contributed by atoms with Gasteiger partial charge in [-0.05, 0) is 6.92 Å². The molecule has 0 spiro atoms. The molecule has 0 fully saturated rings. The fourth-order valence-electron chi connectivity index (χ4n) is 1.99. The first-order valence-corrected chi connectivity index (χ1v) is 6.81. The molecule has 3 aromatic rings. The van der Waals surface area contributed by atoms with Crippen molar-refractivity contribution >= 4 is 45.9 Å². The minimum Gasteiger partial charge on any atom is -0.331 e. The van der Waals surface area contributed by atoms with Gasteiger partial charge in [-0.2, -0.15) is 10.1 Å². The van der Waals surface area contributed by atoms with Crippen molar-refractivity contribution < 1.29 is 0 Å². The summed E-state index contributed by atoms with van der Waals surface area (Å²) in [4.78, 5) is 8.72. The molecule has 0 saturated heterocycles. The molecule has 8 heteroatoms. The lowest BCUT2D eigenvalue weighted by molar-refractivity contribution is 0.768. The zero-order valence-electron chi connectivity index (χ0n) is 10.9. The number of aromatic nitrogens is 5. The molecular weight excluding hydrogens is 299 g/mol. The summed E-state index contributed by atoms with van der Waals surface area (Å²) in [6.45, 7) is 2.82. The average molecular weight is 311 g/mol. The maximum atomic E-state index is 6.14. The Hall–Kier alpha value is -1.79. The van der Waals surface area contributed by atoms with Crippen LogP contribution in [0.3, 0.4) is 0 Å². The second-order valence-electron chi connectivity index (χ2n) is 4.33. The quantitative estimate of drug-likeness (QED) is 0.806. The first-order valence-electron chi connectivity index (χ1n) is 6.06. The van der Waals surface area contributed by atoms with E-state index in [0.717, 1.165) is 17.6 Å². The van der Waals surface area contributed by atoms with Crippen molar-refractivity contribution in [2.24, 2.45) is 7.05 Å². The predicted octanol–water partition coefficient (Wildman–Crippen LogP) is 3.24. The first-order chi connectivity index (χ1) is 9.58. The van der Waals surface area contributed by atoms with Crippen LogP contribution in [0, 0.1) is 0 Å². The number of aryl methyl sites for hydroxylation is 2. The van der Waals surface area contributed by atoms with Gasteiger partial charge >= 0.3 is 0 Å². The highest BCUT2D eigenvalue weighted by atomic mass is 35.5. The van der Waals surface area contributed by atoms with Crippen LogP contribution < -0.4 is 5.32 Å². The second-order valence-corrected chi connectivity index (χ2v) is 5.09. The zero-order chi connectivity index (χ0) is 14.3. The third kappa shape index (κ3) is 2.21. The summed E-state index contributed by atoms with van der Waals surface area (Å²) in [6, 6.07) is 0. The molecule has 0 atom stereocenters. The Morgan fingerprint density at radius 3 is 2.75 bits per heavy atom. The van der Waals surface area contributed by atoms with Gasteiger partial charge in [0.15, 0.2) is 5.15 Å². The van der Waals surface area contributed by atoms with Crippen LogP contribution in [-0.4, -0.2) is 24.3 Å². The SMILES string of the molecule is CCn1cc(Cl)c2cnc(Nc3cn(C)nc3Cl)nc21. The van der Waals surface area contributed by atoms with Crippen molar-refractivity contribution in [1.82, 2.24) is 24.3 Å². The number of anilines is 2. The number of nitrogens with zero attached hydrogens (tertiary/aromatic N) is 5. The Bertz CT molecular complexity index is 776. The standard InChI is InChI=1S/C12H12Cl2N6/c1-3-20-5-8(13)7-4-15-12(17-11(7)20)16-9-6-19(2)18-10(9)14/h4-6H,3H2,1-2H3,(H,15,16,17). The van der Waals surface area contributed by atoms with Crippen LogP contribution in [0.5, 0.6) is 0 Å². The van der Waals surface area contributed by atoms with Crippen molar-refractivity contribution in [2.75, 3.05) is 5.32 Å². The fraction of sp³-hybridized carbons (Fsp3) is 0.250. The van der Waals surface area contributed by atoms with Gasteiger partial charge in [-0.3, -0.25) is 4.68 Å². The summed E-state index contributed by atoms with van der Waals surface area (Å²) in [5, 5.41) is 8.95. The summed E-state index contributed by atoms with van der Waals surface area (Å²) in [6.07, 6.45) is 5.31. The molecule has 3 rings (SSSR count). The molecule has 0 bridgehead atoms. The Kier molecular flexibility index (Phi) is 3.27. The van der Waals surface area contributed by atoms with Gasteiger partial charge in [0.05, 0.1) is 16.1 Å². The molecule has 3 heterocycles. The molecule has 0 unspecified atom stereocenters. The molecule has 0 aliphatic rings. The van der Waals surface area contributed by atoms with Crippen LogP contribution in [0.15, 0.2) is 18.6 Å². The van der Waals surface area contributed by atoms with Crippen molar-refractivity contribution in [3.05, 3.63) is 28.8 Å². The number of hydrogen-bond acceptors (Lipinski definition) is 4. The Morgan fingerprint density at radius 2 is 2.10 bits per heavy atom. The molecule has 20 heavy (non-hydrogen) atoms. The molecule has 0 amide bonds. The van der Waals surface area contributed by atoms with E-state index in [4.69, 9.17) is 23.2 Å². The van der Waals surface area contributed by atoms with Crippen LogP contribution in [-0.2, 0) is 13.6 Å². The van der Waals surface area contributed by atoms with Crippen molar-refractivity contribution in [3.63, 3.8) is 0 Å². The maximum Gasteiger partial charge on any atom is 0.229 e. The fourth-order valence-corrected chi connectivity index (χ4v) is 2.46. The predicted molar refractivity (Wildman–Crippen MR) is 79.7 cm³/mol. The molecule has 0 radical (unpaired) electrons. The molecule has 104 valence electrons. The highest BCUT2D eigenvalue weighted by molar-refractivity contribution is 6.35. The number of rotatable bonds is 3. The maximum absolute atomic E-state index is 6.14. The Labute approximate surface area is 125 Å². The molecule has 0 aromatic carbocycles. The van der Waals surface area contributed by atoms with Crippen LogP contribution in [0.1, 0.15) is 6.92 Å². The highest BCUT2D eigenvalue weighted by Crippen LogP contribution is 2.26. The normalized spacial score (nSPS) is 11.2. The van der Waals surface area contributed by atoms with Gasteiger partial charge in [-0.15, -0.1) is 0 Å². The minimum absolute atomic E-state index is 0.375. The zero-order valence-corrected chi connectivity index (χ0v) is 12.4. The van der Waals surface area contributed by atoms with Crippen LogP contribution in [0.4, 0.5) is 11.6 Å². The van der Waals surface area contributed by atoms with Crippen molar-refractivity contribution in [3.8, 4) is 0 Å². The smallest absolute Gasteiger partial charge is 0.229 e. The summed E-state index contributed by atoms with van der Waals surface area (Å²) in [5.74, 6) is 0.455. The Balaban J connectivity index is 2.02. The van der Waals surface area contributed by atoms with Gasteiger partial charge in [0.25, 0.3) is 0 Å². The van der Waals surface area contributed by atoms with Gasteiger partial charge < -0.3 is 9.88 Å². The van der Waals surface area contributed by atoms with Gasteiger partial charge in [0.2, 0.25) is 5.95 Å². The summed E-state index contributed by atoms with van der Waals surface area (Å²) < 4.78 is 3.59. The van der Waals surface area contributed by atoms with Gasteiger partial charge in [0, 0.05) is 32.2 Å². The summed E-state index contributed by atoms with van der Waals surface area (Å²) in [5.41, 5.74) is 1.45. The third-order valence-corrected chi connectivity index (χ3v) is 3.52. The van der Waals surface area contributed by atoms with E-state index < -0.39 is 0 Å². The lowest BCUT2D eigenvalue weighted by Gasteiger charge is -2.04. The van der Waals surface area contributed by atoms with Gasteiger partial charge in [-0.25, -0.2) is 4.98 Å². The molecule has 1 N–H and O–H groups in total. The number of halogens is 2. The monoisotopic (exact) mass is 310 g/mol. The highest BCUT2D eigenvalue weighted by Gasteiger charge is 2.11. The van der Waals surface area contributed by atoms with Crippen molar-refractivity contribution in [1.29, 1.82) is 0 Å². The molecular formula is C12H12Cl2N6. The third-order valence-electron chi connectivity index (χ3n) is 2.94. The lowest BCUT2D eigenvalue weighted by Crippen LogP contribution is -1.99. The van der Waals surface area contributed by atoms with E-state index in [0.29, 0.717) is 21.8 Å². The van der Waals surface area contributed by atoms with E-state index >= 15 is 0 Å². The molecule has 0 saturated carbocycles. The van der Waals surface area contributed by atoms with Crippen LogP contribution in [0.25, 0.3) is 11.0 Å². The minimum atomic E-state index is 0.375. The summed E-state index contributed by atoms with van der Waals surface area (Å²) >= 11 is 12.1. The Morgan fingerprint density at radius 1 is 1.30 bits per heavy atom. The van der Waals surface area contributed by atoms with E-state index in [-0.39, 0.29) is 0 Å².